The van der Waals surface area contributed by atoms with Crippen molar-refractivity contribution in [1.29, 1.82) is 0 Å². The second-order valence-corrected chi connectivity index (χ2v) is 6.02. The van der Waals surface area contributed by atoms with Crippen LogP contribution >= 0.6 is 0 Å². The number of hydrogen-bond acceptors (Lipinski definition) is 4. The van der Waals surface area contributed by atoms with Gasteiger partial charge < -0.3 is 10.2 Å². The summed E-state index contributed by atoms with van der Waals surface area (Å²) in [6.07, 6.45) is 7.60. The standard InChI is InChI=1S/C17H24N4/c1-14(13-21-9-3-2-4-10-21)20-12-15-5-6-16-17(11-15)19-8-7-18-16/h5-8,11,14,20H,2-4,9-10,12-13H2,1H3. The van der Waals surface area contributed by atoms with Crippen molar-refractivity contribution in [2.24, 2.45) is 0 Å². The van der Waals surface area contributed by atoms with Crippen molar-refractivity contribution < 1.29 is 0 Å². The minimum Gasteiger partial charge on any atom is -0.309 e. The van der Waals surface area contributed by atoms with E-state index in [1.807, 2.05) is 0 Å². The molecule has 2 aromatic rings. The second kappa shape index (κ2) is 6.96. The number of nitrogens with zero attached hydrogens (tertiary/aromatic N) is 3. The van der Waals surface area contributed by atoms with Gasteiger partial charge >= 0.3 is 0 Å². The maximum Gasteiger partial charge on any atom is 0.0890 e. The van der Waals surface area contributed by atoms with Gasteiger partial charge in [-0.05, 0) is 50.6 Å². The molecule has 0 spiro atoms. The molecular weight excluding hydrogens is 260 g/mol. The Morgan fingerprint density at radius 2 is 1.86 bits per heavy atom. The van der Waals surface area contributed by atoms with Gasteiger partial charge in [-0.1, -0.05) is 12.5 Å². The Hall–Kier alpha value is -1.52. The number of benzene rings is 1. The number of piperidine rings is 1. The van der Waals surface area contributed by atoms with Crippen molar-refractivity contribution in [3.63, 3.8) is 0 Å². The van der Waals surface area contributed by atoms with Crippen molar-refractivity contribution in [3.05, 3.63) is 36.2 Å². The summed E-state index contributed by atoms with van der Waals surface area (Å²) in [6, 6.07) is 6.83. The van der Waals surface area contributed by atoms with Gasteiger partial charge in [0.05, 0.1) is 11.0 Å². The first kappa shape index (κ1) is 14.4. The molecule has 1 saturated heterocycles. The zero-order valence-corrected chi connectivity index (χ0v) is 12.8. The lowest BCUT2D eigenvalue weighted by molar-refractivity contribution is 0.209. The predicted molar refractivity (Wildman–Crippen MR) is 86.1 cm³/mol. The molecule has 4 nitrogen and oxygen atoms in total. The molecule has 21 heavy (non-hydrogen) atoms. The molecule has 3 rings (SSSR count). The minimum absolute atomic E-state index is 0.514. The van der Waals surface area contributed by atoms with Gasteiger partial charge in [0, 0.05) is 31.5 Å². The summed E-state index contributed by atoms with van der Waals surface area (Å²) in [5, 5.41) is 3.62. The molecule has 1 fully saturated rings. The quantitative estimate of drug-likeness (QED) is 0.916. The smallest absolute Gasteiger partial charge is 0.0890 e. The van der Waals surface area contributed by atoms with E-state index in [9.17, 15) is 0 Å². The van der Waals surface area contributed by atoms with Crippen molar-refractivity contribution >= 4 is 11.0 Å². The molecule has 1 N–H and O–H groups in total. The lowest BCUT2D eigenvalue weighted by Crippen LogP contribution is -2.41. The van der Waals surface area contributed by atoms with E-state index in [-0.39, 0.29) is 0 Å². The summed E-state index contributed by atoms with van der Waals surface area (Å²) in [5.41, 5.74) is 3.21. The number of nitrogens with one attached hydrogen (secondary N) is 1. The zero-order valence-electron chi connectivity index (χ0n) is 12.8. The Bertz CT molecular complexity index is 578. The molecular formula is C17H24N4. The van der Waals surface area contributed by atoms with E-state index in [1.54, 1.807) is 12.4 Å². The molecule has 0 radical (unpaired) electrons. The van der Waals surface area contributed by atoms with Crippen LogP contribution in [0.1, 0.15) is 31.7 Å². The van der Waals surface area contributed by atoms with E-state index < -0.39 is 0 Å². The predicted octanol–water partition coefficient (Wildman–Crippen LogP) is 2.59. The molecule has 1 aliphatic heterocycles. The summed E-state index contributed by atoms with van der Waals surface area (Å²) in [6.45, 7) is 6.83. The Kier molecular flexibility index (Phi) is 4.78. The van der Waals surface area contributed by atoms with E-state index >= 15 is 0 Å². The van der Waals surface area contributed by atoms with Crippen LogP contribution in [0.4, 0.5) is 0 Å². The average molecular weight is 284 g/mol. The Labute approximate surface area is 126 Å². The molecule has 0 bridgehead atoms. The third-order valence-electron chi connectivity index (χ3n) is 4.17. The number of rotatable bonds is 5. The summed E-state index contributed by atoms with van der Waals surface area (Å²) in [7, 11) is 0. The van der Waals surface area contributed by atoms with Crippen LogP contribution in [0.5, 0.6) is 0 Å². The number of aromatic nitrogens is 2. The normalized spacial score (nSPS) is 18.0. The lowest BCUT2D eigenvalue weighted by atomic mass is 10.1. The van der Waals surface area contributed by atoms with Crippen LogP contribution in [0.3, 0.4) is 0 Å². The highest BCUT2D eigenvalue weighted by Crippen LogP contribution is 2.12. The van der Waals surface area contributed by atoms with Gasteiger partial charge in [0.2, 0.25) is 0 Å². The first-order valence-corrected chi connectivity index (χ1v) is 7.97. The van der Waals surface area contributed by atoms with Crippen LogP contribution in [0.15, 0.2) is 30.6 Å². The highest BCUT2D eigenvalue weighted by atomic mass is 15.1. The maximum absolute atomic E-state index is 4.36. The number of likely N-dealkylation sites (tertiary alicyclic amines) is 1. The van der Waals surface area contributed by atoms with Crippen LogP contribution < -0.4 is 5.32 Å². The Morgan fingerprint density at radius 3 is 2.67 bits per heavy atom. The highest BCUT2D eigenvalue weighted by molar-refractivity contribution is 5.74. The van der Waals surface area contributed by atoms with Crippen LogP contribution in [0, 0.1) is 0 Å². The Balaban J connectivity index is 1.53. The molecule has 0 aliphatic carbocycles. The van der Waals surface area contributed by atoms with Crippen molar-refractivity contribution in [2.75, 3.05) is 19.6 Å². The van der Waals surface area contributed by atoms with Gasteiger partial charge in [0.25, 0.3) is 0 Å². The summed E-state index contributed by atoms with van der Waals surface area (Å²) in [4.78, 5) is 11.2. The van der Waals surface area contributed by atoms with Crippen molar-refractivity contribution in [1.82, 2.24) is 20.2 Å². The average Bonchev–Trinajstić information content (AvgIpc) is 2.54. The van der Waals surface area contributed by atoms with Gasteiger partial charge in [-0.15, -0.1) is 0 Å². The molecule has 4 heteroatoms. The highest BCUT2D eigenvalue weighted by Gasteiger charge is 2.13. The van der Waals surface area contributed by atoms with Crippen LogP contribution in [-0.4, -0.2) is 40.5 Å². The van der Waals surface area contributed by atoms with E-state index in [0.717, 1.165) is 24.1 Å². The molecule has 1 atom stereocenters. The third-order valence-corrected chi connectivity index (χ3v) is 4.17. The van der Waals surface area contributed by atoms with E-state index in [0.29, 0.717) is 6.04 Å². The molecule has 2 heterocycles. The van der Waals surface area contributed by atoms with Crippen molar-refractivity contribution in [2.45, 2.75) is 38.8 Å². The van der Waals surface area contributed by atoms with Gasteiger partial charge in [-0.25, -0.2) is 0 Å². The molecule has 1 aliphatic rings. The van der Waals surface area contributed by atoms with Gasteiger partial charge in [-0.3, -0.25) is 9.97 Å². The second-order valence-electron chi connectivity index (χ2n) is 6.02. The van der Waals surface area contributed by atoms with Gasteiger partial charge in [-0.2, -0.15) is 0 Å². The van der Waals surface area contributed by atoms with E-state index in [1.165, 1.54) is 37.9 Å². The van der Waals surface area contributed by atoms with Gasteiger partial charge in [0.15, 0.2) is 0 Å². The topological polar surface area (TPSA) is 41.0 Å². The third kappa shape index (κ3) is 3.99. The van der Waals surface area contributed by atoms with E-state index in [4.69, 9.17) is 0 Å². The molecule has 0 amide bonds. The molecule has 0 saturated carbocycles. The first-order chi connectivity index (χ1) is 10.3. The summed E-state index contributed by atoms with van der Waals surface area (Å²) in [5.74, 6) is 0. The first-order valence-electron chi connectivity index (χ1n) is 7.97. The van der Waals surface area contributed by atoms with Gasteiger partial charge in [0.1, 0.15) is 0 Å². The number of fused-ring (bicyclic) bond motifs is 1. The van der Waals surface area contributed by atoms with Crippen LogP contribution in [-0.2, 0) is 6.54 Å². The fourth-order valence-corrected chi connectivity index (χ4v) is 3.00. The zero-order chi connectivity index (χ0) is 14.5. The summed E-state index contributed by atoms with van der Waals surface area (Å²) < 4.78 is 0. The Morgan fingerprint density at radius 1 is 1.10 bits per heavy atom. The molecule has 1 aromatic carbocycles. The maximum atomic E-state index is 4.36. The monoisotopic (exact) mass is 284 g/mol. The molecule has 112 valence electrons. The lowest BCUT2D eigenvalue weighted by Gasteiger charge is -2.29. The fourth-order valence-electron chi connectivity index (χ4n) is 3.00. The molecule has 1 unspecified atom stereocenters. The molecule has 1 aromatic heterocycles. The van der Waals surface area contributed by atoms with Crippen LogP contribution in [0.25, 0.3) is 11.0 Å². The summed E-state index contributed by atoms with van der Waals surface area (Å²) >= 11 is 0. The SMILES string of the molecule is CC(CN1CCCCC1)NCc1ccc2nccnc2c1. The largest absolute Gasteiger partial charge is 0.309 e. The van der Waals surface area contributed by atoms with Crippen molar-refractivity contribution in [3.8, 4) is 0 Å². The van der Waals surface area contributed by atoms with Crippen LogP contribution in [0.2, 0.25) is 0 Å². The number of hydrogen-bond donors (Lipinski definition) is 1. The minimum atomic E-state index is 0.514. The van der Waals surface area contributed by atoms with E-state index in [2.05, 4.69) is 45.3 Å². The fraction of sp³-hybridized carbons (Fsp3) is 0.529.